The maximum atomic E-state index is 14.5. The molecule has 22 heavy (non-hydrogen) atoms. The predicted octanol–water partition coefficient (Wildman–Crippen LogP) is 0.974. The van der Waals surface area contributed by atoms with Gasteiger partial charge in [0.25, 0.3) is 5.92 Å². The highest BCUT2D eigenvalue weighted by Crippen LogP contribution is 2.50. The second-order valence-corrected chi connectivity index (χ2v) is 8.05. The second-order valence-electron chi connectivity index (χ2n) is 6.07. The first-order valence-corrected chi connectivity index (χ1v) is 8.92. The Kier molecular flexibility index (Phi) is 3.59. The number of hydrogen-bond acceptors (Lipinski definition) is 5. The van der Waals surface area contributed by atoms with Crippen LogP contribution in [0.5, 0.6) is 0 Å². The number of sulfonamides is 1. The summed E-state index contributed by atoms with van der Waals surface area (Å²) >= 11 is 0. The second kappa shape index (κ2) is 5.09. The summed E-state index contributed by atoms with van der Waals surface area (Å²) in [5.74, 6) is -2.34. The quantitative estimate of drug-likeness (QED) is 0.807. The van der Waals surface area contributed by atoms with E-state index in [1.807, 2.05) is 0 Å². The zero-order valence-electron chi connectivity index (χ0n) is 12.2. The molecule has 0 N–H and O–H groups in total. The van der Waals surface area contributed by atoms with E-state index in [2.05, 4.69) is 9.97 Å². The fraction of sp³-hybridized carbons (Fsp3) is 0.692. The van der Waals surface area contributed by atoms with Gasteiger partial charge in [0.05, 0.1) is 17.9 Å². The van der Waals surface area contributed by atoms with Crippen LogP contribution < -0.4 is 4.90 Å². The minimum Gasteiger partial charge on any atom is -0.354 e. The van der Waals surface area contributed by atoms with Gasteiger partial charge in [-0.25, -0.2) is 26.5 Å². The van der Waals surface area contributed by atoms with Crippen LogP contribution in [-0.4, -0.2) is 61.0 Å². The van der Waals surface area contributed by atoms with Gasteiger partial charge in [-0.05, 0) is 6.42 Å². The van der Waals surface area contributed by atoms with Crippen LogP contribution in [0.15, 0.2) is 18.6 Å². The Morgan fingerprint density at radius 1 is 1.18 bits per heavy atom. The van der Waals surface area contributed by atoms with Gasteiger partial charge in [0, 0.05) is 45.0 Å². The van der Waals surface area contributed by atoms with E-state index < -0.39 is 27.8 Å². The van der Waals surface area contributed by atoms with Crippen molar-refractivity contribution in [1.82, 2.24) is 14.3 Å². The van der Waals surface area contributed by atoms with Crippen LogP contribution in [0.25, 0.3) is 0 Å². The highest BCUT2D eigenvalue weighted by Gasteiger charge is 2.60. The molecule has 6 nitrogen and oxygen atoms in total. The van der Waals surface area contributed by atoms with Crippen LogP contribution in [-0.2, 0) is 10.0 Å². The van der Waals surface area contributed by atoms with Gasteiger partial charge in [-0.3, -0.25) is 4.98 Å². The van der Waals surface area contributed by atoms with Crippen LogP contribution >= 0.6 is 0 Å². The van der Waals surface area contributed by atoms with E-state index in [1.165, 1.54) is 22.9 Å². The van der Waals surface area contributed by atoms with E-state index in [9.17, 15) is 17.2 Å². The van der Waals surface area contributed by atoms with E-state index in [4.69, 9.17) is 0 Å². The summed E-state index contributed by atoms with van der Waals surface area (Å²) in [5, 5.41) is 0. The summed E-state index contributed by atoms with van der Waals surface area (Å²) in [7, 11) is -3.47. The maximum absolute atomic E-state index is 14.5. The SMILES string of the molecule is CS(=O)(=O)N1CCC(F)(F)[C@]2(CCN(c3cnccn3)C2)C1. The summed E-state index contributed by atoms with van der Waals surface area (Å²) in [6, 6.07) is 0. The van der Waals surface area contributed by atoms with E-state index in [1.54, 1.807) is 4.90 Å². The van der Waals surface area contributed by atoms with Gasteiger partial charge in [0.15, 0.2) is 0 Å². The maximum Gasteiger partial charge on any atom is 0.257 e. The van der Waals surface area contributed by atoms with Gasteiger partial charge < -0.3 is 4.90 Å². The first-order chi connectivity index (χ1) is 10.2. The van der Waals surface area contributed by atoms with Gasteiger partial charge in [-0.2, -0.15) is 0 Å². The topological polar surface area (TPSA) is 66.4 Å². The predicted molar refractivity (Wildman–Crippen MR) is 77.3 cm³/mol. The average molecular weight is 332 g/mol. The number of nitrogens with zero attached hydrogens (tertiary/aromatic N) is 4. The molecule has 122 valence electrons. The van der Waals surface area contributed by atoms with Gasteiger partial charge in [0.1, 0.15) is 5.82 Å². The Hall–Kier alpha value is -1.35. The molecule has 2 aliphatic rings. The van der Waals surface area contributed by atoms with Crippen LogP contribution in [0.2, 0.25) is 0 Å². The molecule has 0 radical (unpaired) electrons. The summed E-state index contributed by atoms with van der Waals surface area (Å²) < 4.78 is 53.7. The largest absolute Gasteiger partial charge is 0.354 e. The Balaban J connectivity index is 1.87. The Morgan fingerprint density at radius 2 is 1.95 bits per heavy atom. The molecule has 0 unspecified atom stereocenters. The van der Waals surface area contributed by atoms with Crippen LogP contribution in [0, 0.1) is 5.41 Å². The highest BCUT2D eigenvalue weighted by molar-refractivity contribution is 7.88. The lowest BCUT2D eigenvalue weighted by Crippen LogP contribution is -2.58. The first kappa shape index (κ1) is 15.5. The molecule has 2 saturated heterocycles. The highest BCUT2D eigenvalue weighted by atomic mass is 32.2. The van der Waals surface area contributed by atoms with Gasteiger partial charge in [0.2, 0.25) is 10.0 Å². The third-order valence-corrected chi connectivity index (χ3v) is 5.88. The molecule has 3 heterocycles. The third kappa shape index (κ3) is 2.56. The average Bonchev–Trinajstić information content (AvgIpc) is 2.88. The first-order valence-electron chi connectivity index (χ1n) is 7.08. The zero-order chi connectivity index (χ0) is 16.0. The molecule has 1 atom stereocenters. The molecule has 0 aromatic carbocycles. The molecule has 3 rings (SSSR count). The normalized spacial score (nSPS) is 29.1. The monoisotopic (exact) mass is 332 g/mol. The fourth-order valence-corrected chi connectivity index (χ4v) is 4.20. The van der Waals surface area contributed by atoms with E-state index in [-0.39, 0.29) is 26.1 Å². The molecule has 2 aliphatic heterocycles. The van der Waals surface area contributed by atoms with Crippen molar-refractivity contribution >= 4 is 15.8 Å². The van der Waals surface area contributed by atoms with Crippen LogP contribution in [0.3, 0.4) is 0 Å². The summed E-state index contributed by atoms with van der Waals surface area (Å²) in [6.45, 7) is 0.241. The Labute approximate surface area is 128 Å². The molecular weight excluding hydrogens is 314 g/mol. The number of aromatic nitrogens is 2. The number of anilines is 1. The standard InChI is InChI=1S/C13H18F2N4O2S/c1-22(20,21)19-7-3-13(14,15)12(10-19)2-6-18(9-12)11-8-16-4-5-17-11/h4-5,8H,2-3,6-7,9-10H2,1H3/t12-/m0/s1. The molecule has 2 fully saturated rings. The lowest BCUT2D eigenvalue weighted by Gasteiger charge is -2.44. The lowest BCUT2D eigenvalue weighted by atomic mass is 9.76. The molecule has 1 aromatic heterocycles. The van der Waals surface area contributed by atoms with Gasteiger partial charge >= 0.3 is 0 Å². The van der Waals surface area contributed by atoms with Crippen molar-refractivity contribution in [3.63, 3.8) is 0 Å². The van der Waals surface area contributed by atoms with Crippen molar-refractivity contribution in [2.24, 2.45) is 5.41 Å². The van der Waals surface area contributed by atoms with Crippen molar-refractivity contribution in [2.75, 3.05) is 37.3 Å². The number of hydrogen-bond donors (Lipinski definition) is 0. The fourth-order valence-electron chi connectivity index (χ4n) is 3.30. The lowest BCUT2D eigenvalue weighted by molar-refractivity contribution is -0.145. The van der Waals surface area contributed by atoms with Gasteiger partial charge in [-0.15, -0.1) is 0 Å². The summed E-state index contributed by atoms with van der Waals surface area (Å²) in [5.41, 5.74) is -1.36. The van der Waals surface area contributed by atoms with Crippen molar-refractivity contribution in [1.29, 1.82) is 0 Å². The smallest absolute Gasteiger partial charge is 0.257 e. The van der Waals surface area contributed by atoms with E-state index >= 15 is 0 Å². The Morgan fingerprint density at radius 3 is 2.59 bits per heavy atom. The van der Waals surface area contributed by atoms with E-state index in [0.717, 1.165) is 6.26 Å². The third-order valence-electron chi connectivity index (χ3n) is 4.63. The number of piperidine rings is 1. The van der Waals surface area contributed by atoms with Crippen LogP contribution in [0.4, 0.5) is 14.6 Å². The number of alkyl halides is 2. The molecule has 1 spiro atoms. The molecule has 0 amide bonds. The molecule has 0 aliphatic carbocycles. The molecule has 9 heteroatoms. The van der Waals surface area contributed by atoms with E-state index in [0.29, 0.717) is 12.4 Å². The summed E-state index contributed by atoms with van der Waals surface area (Å²) in [4.78, 5) is 9.85. The van der Waals surface area contributed by atoms with Gasteiger partial charge in [-0.1, -0.05) is 0 Å². The van der Waals surface area contributed by atoms with Crippen molar-refractivity contribution in [3.05, 3.63) is 18.6 Å². The van der Waals surface area contributed by atoms with Crippen molar-refractivity contribution in [3.8, 4) is 0 Å². The van der Waals surface area contributed by atoms with Crippen LogP contribution in [0.1, 0.15) is 12.8 Å². The summed E-state index contributed by atoms with van der Waals surface area (Å²) in [6.07, 6.45) is 5.45. The Bertz CT molecular complexity index is 655. The molecule has 0 saturated carbocycles. The zero-order valence-corrected chi connectivity index (χ0v) is 13.1. The number of halogens is 2. The number of rotatable bonds is 2. The minimum atomic E-state index is -3.47. The molecule has 0 bridgehead atoms. The molecule has 1 aromatic rings. The minimum absolute atomic E-state index is 0.0880. The van der Waals surface area contributed by atoms with Crippen molar-refractivity contribution < 1.29 is 17.2 Å². The molecular formula is C13H18F2N4O2S. The van der Waals surface area contributed by atoms with Crippen molar-refractivity contribution in [2.45, 2.75) is 18.8 Å².